The summed E-state index contributed by atoms with van der Waals surface area (Å²) in [6.07, 6.45) is 4.56. The van der Waals surface area contributed by atoms with E-state index in [0.717, 1.165) is 24.5 Å². The number of morpholine rings is 1. The summed E-state index contributed by atoms with van der Waals surface area (Å²) < 4.78 is 19.5. The first-order valence-electron chi connectivity index (χ1n) is 11.7. The van der Waals surface area contributed by atoms with Crippen molar-refractivity contribution >= 4 is 29.4 Å². The molecule has 0 radical (unpaired) electrons. The van der Waals surface area contributed by atoms with E-state index in [1.165, 1.54) is 22.7 Å². The lowest BCUT2D eigenvalue weighted by atomic mass is 9.95. The van der Waals surface area contributed by atoms with Crippen LogP contribution in [0, 0.1) is 12.7 Å². The number of aryl methyl sites for hydroxylation is 1. The Morgan fingerprint density at radius 2 is 1.91 bits per heavy atom. The van der Waals surface area contributed by atoms with Crippen molar-refractivity contribution in [3.05, 3.63) is 65.4 Å². The maximum Gasteiger partial charge on any atom is 0.354 e. The van der Waals surface area contributed by atoms with E-state index in [4.69, 9.17) is 4.74 Å². The van der Waals surface area contributed by atoms with Gasteiger partial charge in [0.1, 0.15) is 6.21 Å². The number of nitrogens with one attached hydrogen (secondary N) is 3. The van der Waals surface area contributed by atoms with Crippen LogP contribution in [0.25, 0.3) is 0 Å². The minimum atomic E-state index is -0.449. The molecule has 0 unspecified atom stereocenters. The average Bonchev–Trinajstić information content (AvgIpc) is 3.41. The Morgan fingerprint density at radius 3 is 2.66 bits per heavy atom. The van der Waals surface area contributed by atoms with Crippen molar-refractivity contribution in [2.24, 2.45) is 5.10 Å². The Bertz CT molecular complexity index is 1180. The number of hydrogen-bond donors (Lipinski definition) is 4. The van der Waals surface area contributed by atoms with Crippen LogP contribution >= 0.6 is 0 Å². The largest absolute Gasteiger partial charge is 0.378 e. The number of aromatic nitrogens is 3. The molecule has 2 fully saturated rings. The molecule has 1 aromatic carbocycles. The van der Waals surface area contributed by atoms with Crippen LogP contribution in [0.3, 0.4) is 0 Å². The van der Waals surface area contributed by atoms with Crippen LogP contribution in [-0.4, -0.2) is 60.6 Å². The van der Waals surface area contributed by atoms with E-state index in [9.17, 15) is 4.39 Å². The predicted octanol–water partition coefficient (Wildman–Crippen LogP) is 1.32. The molecule has 0 saturated carbocycles. The summed E-state index contributed by atoms with van der Waals surface area (Å²) in [5.41, 5.74) is 13.1. The molecule has 4 heterocycles. The number of hydrazine groups is 1. The highest BCUT2D eigenvalue weighted by Gasteiger charge is 2.19. The number of nitrogens with zero attached hydrogens (tertiary/aromatic N) is 5. The number of quaternary nitrogens is 1. The summed E-state index contributed by atoms with van der Waals surface area (Å²) in [5.74, 6) is 0.658. The van der Waals surface area contributed by atoms with E-state index < -0.39 is 5.82 Å². The van der Waals surface area contributed by atoms with Crippen LogP contribution in [0.15, 0.2) is 47.8 Å². The average molecular weight is 479 g/mol. The van der Waals surface area contributed by atoms with Crippen LogP contribution in [0.5, 0.6) is 0 Å². The summed E-state index contributed by atoms with van der Waals surface area (Å²) in [5, 5.41) is 7.67. The van der Waals surface area contributed by atoms with Gasteiger partial charge in [-0.15, -0.1) is 0 Å². The molecule has 5 rings (SSSR count). The van der Waals surface area contributed by atoms with Crippen molar-refractivity contribution in [2.75, 3.05) is 49.6 Å². The predicted molar refractivity (Wildman–Crippen MR) is 132 cm³/mol. The van der Waals surface area contributed by atoms with Gasteiger partial charge in [0, 0.05) is 37.8 Å². The third-order valence-corrected chi connectivity index (χ3v) is 6.06. The molecule has 3 aromatic rings. The lowest BCUT2D eigenvalue weighted by molar-refractivity contribution is -0.584. The van der Waals surface area contributed by atoms with Crippen molar-refractivity contribution < 1.29 is 14.6 Å². The van der Waals surface area contributed by atoms with Gasteiger partial charge in [0.2, 0.25) is 0 Å². The fourth-order valence-electron chi connectivity index (χ4n) is 4.23. The zero-order valence-electron chi connectivity index (χ0n) is 19.5. The molecule has 35 heavy (non-hydrogen) atoms. The zero-order valence-corrected chi connectivity index (χ0v) is 19.5. The topological polar surface area (TPSA) is 116 Å². The number of nitrogens with two attached hydrogens (primary N) is 1. The van der Waals surface area contributed by atoms with Crippen LogP contribution in [0.4, 0.5) is 27.5 Å². The molecule has 2 saturated heterocycles. The van der Waals surface area contributed by atoms with Crippen LogP contribution in [0.2, 0.25) is 0 Å². The van der Waals surface area contributed by atoms with E-state index in [1.807, 2.05) is 17.0 Å². The van der Waals surface area contributed by atoms with Gasteiger partial charge in [0.05, 0.1) is 37.0 Å². The van der Waals surface area contributed by atoms with E-state index in [1.54, 1.807) is 12.4 Å². The Balaban J connectivity index is 1.18. The first kappa shape index (κ1) is 23.2. The van der Waals surface area contributed by atoms with Gasteiger partial charge < -0.3 is 15.0 Å². The maximum absolute atomic E-state index is 14.2. The first-order chi connectivity index (χ1) is 17.2. The Morgan fingerprint density at radius 1 is 1.11 bits per heavy atom. The number of pyridine rings is 1. The maximum atomic E-state index is 14.2. The molecule has 11 heteroatoms. The summed E-state index contributed by atoms with van der Waals surface area (Å²) in [7, 11) is 0. The highest BCUT2D eigenvalue weighted by molar-refractivity contribution is 5.77. The highest BCUT2D eigenvalue weighted by atomic mass is 19.1. The lowest BCUT2D eigenvalue weighted by Gasteiger charge is -2.27. The zero-order chi connectivity index (χ0) is 24.0. The molecule has 2 aliphatic heterocycles. The number of anilines is 3. The van der Waals surface area contributed by atoms with Gasteiger partial charge in [0.15, 0.2) is 11.6 Å². The van der Waals surface area contributed by atoms with Gasteiger partial charge in [-0.05, 0) is 42.3 Å². The fourth-order valence-corrected chi connectivity index (χ4v) is 4.23. The molecule has 2 aliphatic rings. The smallest absolute Gasteiger partial charge is 0.354 e. The van der Waals surface area contributed by atoms with Crippen molar-refractivity contribution in [1.29, 1.82) is 0 Å². The van der Waals surface area contributed by atoms with Crippen molar-refractivity contribution in [2.45, 2.75) is 12.8 Å². The standard InChI is InChI=1S/C24H28FN9O/c1-16-10-18(4-5-21(16)17-11-28-29-12-17)31-20-3-2-19(26-13-20)14-30-33-24-27-15-22(25)23(32-24)34-6-8-35-9-7-34/h2-5,10,13-15,17,28-29,31H,6-9,11-12H2,1H3,(H,27,32,33)/p+1/b30-14+. The second-order valence-electron chi connectivity index (χ2n) is 8.53. The number of rotatable bonds is 7. The van der Waals surface area contributed by atoms with Gasteiger partial charge in [-0.25, -0.2) is 4.39 Å². The molecular formula is C24H29FN9O+. The number of benzene rings is 1. The lowest BCUT2D eigenvalue weighted by Crippen LogP contribution is -2.72. The number of halogens is 1. The van der Waals surface area contributed by atoms with Crippen LogP contribution in [0.1, 0.15) is 22.7 Å². The molecule has 10 nitrogen and oxygen atoms in total. The number of ether oxygens (including phenoxy) is 1. The first-order valence-corrected chi connectivity index (χ1v) is 11.7. The van der Waals surface area contributed by atoms with Gasteiger partial charge in [0.25, 0.3) is 0 Å². The molecule has 0 amide bonds. The second kappa shape index (κ2) is 10.8. The number of hydrogen-bond acceptors (Lipinski definition) is 9. The minimum absolute atomic E-state index is 0.276. The summed E-state index contributed by atoms with van der Waals surface area (Å²) >= 11 is 0. The molecule has 5 N–H and O–H groups in total. The van der Waals surface area contributed by atoms with Crippen molar-refractivity contribution in [3.8, 4) is 0 Å². The van der Waals surface area contributed by atoms with Crippen LogP contribution < -0.4 is 26.5 Å². The monoisotopic (exact) mass is 478 g/mol. The van der Waals surface area contributed by atoms with Gasteiger partial charge in [-0.3, -0.25) is 15.8 Å². The van der Waals surface area contributed by atoms with Crippen molar-refractivity contribution in [1.82, 2.24) is 25.8 Å². The molecule has 0 spiro atoms. The quantitative estimate of drug-likeness (QED) is 0.228. The molecule has 0 atom stereocenters. The minimum Gasteiger partial charge on any atom is -0.378 e. The van der Waals surface area contributed by atoms with Gasteiger partial charge >= 0.3 is 5.95 Å². The van der Waals surface area contributed by atoms with Crippen molar-refractivity contribution in [3.63, 3.8) is 0 Å². The van der Waals surface area contributed by atoms with E-state index >= 15 is 0 Å². The Kier molecular flexibility index (Phi) is 7.19. The second-order valence-corrected chi connectivity index (χ2v) is 8.53. The third kappa shape index (κ3) is 5.77. The molecule has 2 aromatic heterocycles. The van der Waals surface area contributed by atoms with Gasteiger partial charge in [-0.2, -0.15) is 15.4 Å². The molecule has 182 valence electrons. The molecular weight excluding hydrogens is 449 g/mol. The summed E-state index contributed by atoms with van der Waals surface area (Å²) in [6.45, 7) is 6.33. The molecule has 0 aliphatic carbocycles. The normalized spacial score (nSPS) is 16.8. The summed E-state index contributed by atoms with van der Waals surface area (Å²) in [6, 6.07) is 10.3. The Labute approximate surface area is 203 Å². The van der Waals surface area contributed by atoms with E-state index in [2.05, 4.69) is 61.3 Å². The van der Waals surface area contributed by atoms with E-state index in [-0.39, 0.29) is 5.82 Å². The van der Waals surface area contributed by atoms with E-state index in [0.29, 0.717) is 43.9 Å². The van der Waals surface area contributed by atoms with Gasteiger partial charge in [-0.1, -0.05) is 11.2 Å². The molecule has 0 bridgehead atoms. The Hall–Kier alpha value is -3.51. The SMILES string of the molecule is Cc1cc(Nc2ccc(/C=N/[NH2+]c3ncc(F)c(N4CCOCC4)n3)nc2)ccc1C1CNNC1. The highest BCUT2D eigenvalue weighted by Crippen LogP contribution is 2.25. The third-order valence-electron chi connectivity index (χ3n) is 6.06. The fraction of sp³-hybridized carbons (Fsp3) is 0.333. The summed E-state index contributed by atoms with van der Waals surface area (Å²) in [4.78, 5) is 14.6. The van der Waals surface area contributed by atoms with Crippen LogP contribution in [-0.2, 0) is 4.74 Å².